The van der Waals surface area contributed by atoms with Gasteiger partial charge in [0, 0.05) is 24.7 Å². The molecular formula is C23H33N3O4S. The summed E-state index contributed by atoms with van der Waals surface area (Å²) < 4.78 is 32.6. The van der Waals surface area contributed by atoms with Crippen LogP contribution in [-0.2, 0) is 23.1 Å². The number of carbonyl (C=O) groups is 1. The number of nitrogens with one attached hydrogen (secondary N) is 2. The summed E-state index contributed by atoms with van der Waals surface area (Å²) in [5, 5.41) is 2.58. The van der Waals surface area contributed by atoms with Crippen molar-refractivity contribution >= 4 is 15.9 Å². The molecule has 0 aliphatic carbocycles. The molecule has 0 saturated carbocycles. The van der Waals surface area contributed by atoms with Gasteiger partial charge in [-0.25, -0.2) is 13.1 Å². The Balaban J connectivity index is 1.65. The molecule has 1 amide bonds. The van der Waals surface area contributed by atoms with Crippen molar-refractivity contribution in [2.24, 2.45) is 0 Å². The maximum absolute atomic E-state index is 12.6. The van der Waals surface area contributed by atoms with Crippen LogP contribution in [0.5, 0.6) is 0 Å². The molecule has 1 aliphatic rings. The van der Waals surface area contributed by atoms with Gasteiger partial charge in [0.15, 0.2) is 5.76 Å². The Bertz CT molecular complexity index is 1010. The van der Waals surface area contributed by atoms with E-state index in [1.165, 1.54) is 37.0 Å². The molecule has 0 bridgehead atoms. The zero-order valence-corrected chi connectivity index (χ0v) is 19.6. The first-order chi connectivity index (χ1) is 14.5. The smallest absolute Gasteiger partial charge is 0.287 e. The molecular weight excluding hydrogens is 414 g/mol. The van der Waals surface area contributed by atoms with Gasteiger partial charge in [-0.15, -0.1) is 0 Å². The van der Waals surface area contributed by atoms with Gasteiger partial charge < -0.3 is 9.73 Å². The van der Waals surface area contributed by atoms with Crippen molar-refractivity contribution < 1.29 is 17.6 Å². The maximum atomic E-state index is 12.6. The minimum atomic E-state index is -3.83. The molecule has 2 N–H and O–H groups in total. The third-order valence-electron chi connectivity index (χ3n) is 5.38. The molecule has 1 aromatic heterocycles. The molecule has 2 aromatic rings. The van der Waals surface area contributed by atoms with E-state index in [9.17, 15) is 13.2 Å². The first-order valence-corrected chi connectivity index (χ1v) is 12.3. The van der Waals surface area contributed by atoms with Gasteiger partial charge in [0.1, 0.15) is 0 Å². The van der Waals surface area contributed by atoms with Crippen molar-refractivity contribution in [3.05, 3.63) is 53.3 Å². The lowest BCUT2D eigenvalue weighted by Gasteiger charge is -2.33. The van der Waals surface area contributed by atoms with Gasteiger partial charge in [0.25, 0.3) is 15.9 Å². The molecule has 1 aliphatic heterocycles. The lowest BCUT2D eigenvalue weighted by Crippen LogP contribution is -2.40. The average molecular weight is 448 g/mol. The van der Waals surface area contributed by atoms with Crippen LogP contribution >= 0.6 is 0 Å². The van der Waals surface area contributed by atoms with Crippen molar-refractivity contribution in [3.8, 4) is 0 Å². The van der Waals surface area contributed by atoms with Gasteiger partial charge in [0.05, 0.1) is 0 Å². The lowest BCUT2D eigenvalue weighted by atomic mass is 10.0. The fourth-order valence-electron chi connectivity index (χ4n) is 3.80. The predicted molar refractivity (Wildman–Crippen MR) is 120 cm³/mol. The van der Waals surface area contributed by atoms with E-state index < -0.39 is 21.5 Å². The van der Waals surface area contributed by atoms with Gasteiger partial charge in [-0.1, -0.05) is 30.7 Å². The Hall–Kier alpha value is -2.16. The second kappa shape index (κ2) is 9.54. The standard InChI is InChI=1S/C23H33N3O4S/c1-17-9-7-8-14-26(17)16-19-11-6-5-10-18(19)15-24-22(27)20-12-13-21(30-20)31(28,29)25-23(2,3)4/h5-6,10-13,17,25H,7-9,14-16H2,1-4H3,(H,24,27). The summed E-state index contributed by atoms with van der Waals surface area (Å²) in [5.41, 5.74) is 1.58. The van der Waals surface area contributed by atoms with Crippen molar-refractivity contribution in [2.45, 2.75) is 76.7 Å². The van der Waals surface area contributed by atoms with Gasteiger partial charge in [-0.2, -0.15) is 0 Å². The molecule has 0 spiro atoms. The minimum absolute atomic E-state index is 0.0311. The lowest BCUT2D eigenvalue weighted by molar-refractivity contribution is 0.0917. The van der Waals surface area contributed by atoms with E-state index in [1.54, 1.807) is 20.8 Å². The van der Waals surface area contributed by atoms with Crippen LogP contribution in [0.3, 0.4) is 0 Å². The molecule has 1 aromatic carbocycles. The maximum Gasteiger partial charge on any atom is 0.287 e. The van der Waals surface area contributed by atoms with E-state index in [4.69, 9.17) is 4.42 Å². The molecule has 1 saturated heterocycles. The SMILES string of the molecule is CC1CCCCN1Cc1ccccc1CNC(=O)c1ccc(S(=O)(=O)NC(C)(C)C)o1. The number of sulfonamides is 1. The Morgan fingerprint density at radius 2 is 1.84 bits per heavy atom. The molecule has 170 valence electrons. The van der Waals surface area contributed by atoms with E-state index in [0.717, 1.165) is 18.7 Å². The number of likely N-dealkylation sites (tertiary alicyclic amines) is 1. The summed E-state index contributed by atoms with van der Waals surface area (Å²) in [5.74, 6) is -0.477. The summed E-state index contributed by atoms with van der Waals surface area (Å²) in [6.45, 7) is 9.78. The Labute approximate surface area is 185 Å². The monoisotopic (exact) mass is 447 g/mol. The number of benzene rings is 1. The predicted octanol–water partition coefficient (Wildman–Crippen LogP) is 3.66. The largest absolute Gasteiger partial charge is 0.438 e. The van der Waals surface area contributed by atoms with E-state index in [0.29, 0.717) is 12.6 Å². The summed E-state index contributed by atoms with van der Waals surface area (Å²) in [6.07, 6.45) is 3.71. The molecule has 1 unspecified atom stereocenters. The van der Waals surface area contributed by atoms with Crippen LogP contribution in [0.15, 0.2) is 45.9 Å². The molecule has 2 heterocycles. The normalized spacial score (nSPS) is 18.1. The van der Waals surface area contributed by atoms with E-state index in [1.807, 2.05) is 18.2 Å². The van der Waals surface area contributed by atoms with Crippen LogP contribution in [0.25, 0.3) is 0 Å². The summed E-state index contributed by atoms with van der Waals surface area (Å²) in [6, 6.07) is 11.3. The Kier molecular flexibility index (Phi) is 7.24. The van der Waals surface area contributed by atoms with Crippen LogP contribution in [0, 0.1) is 0 Å². The highest BCUT2D eigenvalue weighted by molar-refractivity contribution is 7.89. The molecule has 3 rings (SSSR count). The number of furan rings is 1. The second-order valence-corrected chi connectivity index (χ2v) is 10.9. The highest BCUT2D eigenvalue weighted by atomic mass is 32.2. The van der Waals surface area contributed by atoms with Gasteiger partial charge >= 0.3 is 0 Å². The van der Waals surface area contributed by atoms with Crippen molar-refractivity contribution in [3.63, 3.8) is 0 Å². The van der Waals surface area contributed by atoms with Gasteiger partial charge in [-0.05, 0) is 70.3 Å². The molecule has 0 radical (unpaired) electrons. The first-order valence-electron chi connectivity index (χ1n) is 10.8. The van der Waals surface area contributed by atoms with Crippen LogP contribution in [-0.4, -0.2) is 37.4 Å². The average Bonchev–Trinajstić information content (AvgIpc) is 3.18. The van der Waals surface area contributed by atoms with E-state index >= 15 is 0 Å². The number of hydrogen-bond acceptors (Lipinski definition) is 5. The summed E-state index contributed by atoms with van der Waals surface area (Å²) in [7, 11) is -3.83. The topological polar surface area (TPSA) is 91.7 Å². The van der Waals surface area contributed by atoms with Crippen LogP contribution in [0.1, 0.15) is 68.6 Å². The fraction of sp³-hybridized carbons (Fsp3) is 0.522. The quantitative estimate of drug-likeness (QED) is 0.676. The molecule has 7 nitrogen and oxygen atoms in total. The molecule has 31 heavy (non-hydrogen) atoms. The number of hydrogen-bond donors (Lipinski definition) is 2. The minimum Gasteiger partial charge on any atom is -0.438 e. The number of amides is 1. The molecule has 1 atom stereocenters. The number of nitrogens with zero attached hydrogens (tertiary/aromatic N) is 1. The van der Waals surface area contributed by atoms with E-state index in [2.05, 4.69) is 27.9 Å². The highest BCUT2D eigenvalue weighted by Gasteiger charge is 2.26. The molecule has 1 fully saturated rings. The number of rotatable bonds is 7. The number of piperidine rings is 1. The first kappa shape index (κ1) is 23.5. The van der Waals surface area contributed by atoms with Gasteiger partial charge in [0.2, 0.25) is 5.09 Å². The summed E-state index contributed by atoms with van der Waals surface area (Å²) >= 11 is 0. The van der Waals surface area contributed by atoms with Crippen molar-refractivity contribution in [2.75, 3.05) is 6.54 Å². The Morgan fingerprint density at radius 1 is 1.13 bits per heavy atom. The fourth-order valence-corrected chi connectivity index (χ4v) is 5.15. The third-order valence-corrected chi connectivity index (χ3v) is 7.01. The third kappa shape index (κ3) is 6.41. The zero-order valence-electron chi connectivity index (χ0n) is 18.8. The number of carbonyl (C=O) groups excluding carboxylic acids is 1. The molecule has 8 heteroatoms. The second-order valence-electron chi connectivity index (χ2n) is 9.24. The van der Waals surface area contributed by atoms with Crippen LogP contribution in [0.4, 0.5) is 0 Å². The Morgan fingerprint density at radius 3 is 2.52 bits per heavy atom. The van der Waals surface area contributed by atoms with E-state index in [-0.39, 0.29) is 10.9 Å². The van der Waals surface area contributed by atoms with Crippen molar-refractivity contribution in [1.82, 2.24) is 14.9 Å². The van der Waals surface area contributed by atoms with Gasteiger partial charge in [-0.3, -0.25) is 9.69 Å². The zero-order chi connectivity index (χ0) is 22.6. The summed E-state index contributed by atoms with van der Waals surface area (Å²) in [4.78, 5) is 15.0. The highest BCUT2D eigenvalue weighted by Crippen LogP contribution is 2.21. The van der Waals surface area contributed by atoms with Crippen LogP contribution in [0.2, 0.25) is 0 Å². The van der Waals surface area contributed by atoms with Crippen LogP contribution < -0.4 is 10.0 Å². The van der Waals surface area contributed by atoms with Crippen molar-refractivity contribution in [1.29, 1.82) is 0 Å².